The van der Waals surface area contributed by atoms with Crippen molar-refractivity contribution in [2.75, 3.05) is 7.11 Å². The maximum absolute atomic E-state index is 11.4. The lowest BCUT2D eigenvalue weighted by Gasteiger charge is -2.16. The largest absolute Gasteiger partial charge is 0.464 e. The summed E-state index contributed by atoms with van der Waals surface area (Å²) in [5, 5.41) is 11.6. The normalized spacial score (nSPS) is 13.8. The number of halogens is 2. The molecule has 0 saturated carbocycles. The minimum absolute atomic E-state index is 0.283. The van der Waals surface area contributed by atoms with Gasteiger partial charge in [-0.2, -0.15) is 0 Å². The molecule has 0 heterocycles. The molecule has 0 amide bonds. The highest BCUT2D eigenvalue weighted by atomic mass is 35.5. The Morgan fingerprint density at radius 3 is 2.50 bits per heavy atom. The Balaban J connectivity index is 3.13. The van der Waals surface area contributed by atoms with Crippen LogP contribution in [0.1, 0.15) is 18.4 Å². The van der Waals surface area contributed by atoms with Crippen LogP contribution in [0.3, 0.4) is 0 Å². The first-order valence-electron chi connectivity index (χ1n) is 5.04. The zero-order valence-electron chi connectivity index (χ0n) is 9.72. The van der Waals surface area contributed by atoms with Crippen LogP contribution in [0.25, 0.3) is 0 Å². The maximum atomic E-state index is 11.4. The number of nitrogens with zero attached hydrogens (tertiary/aromatic N) is 1. The molecule has 0 aliphatic heterocycles. The third-order valence-electron chi connectivity index (χ3n) is 2.60. The van der Waals surface area contributed by atoms with Crippen LogP contribution in [0.4, 0.5) is 0 Å². The molecule has 0 radical (unpaired) electrons. The van der Waals surface area contributed by atoms with Gasteiger partial charge in [0.15, 0.2) is 0 Å². The van der Waals surface area contributed by atoms with Crippen LogP contribution in [0.2, 0.25) is 10.0 Å². The van der Waals surface area contributed by atoms with Crippen molar-refractivity contribution >= 4 is 29.2 Å². The van der Waals surface area contributed by atoms with Crippen LogP contribution in [0.5, 0.6) is 0 Å². The van der Waals surface area contributed by atoms with Gasteiger partial charge in [0.1, 0.15) is 0 Å². The number of nitro groups is 1. The molecule has 2 unspecified atom stereocenters. The Morgan fingerprint density at radius 1 is 1.44 bits per heavy atom. The molecule has 0 bridgehead atoms. The Hall–Kier alpha value is -1.33. The van der Waals surface area contributed by atoms with Crippen LogP contribution < -0.4 is 0 Å². The molecule has 0 spiro atoms. The van der Waals surface area contributed by atoms with Crippen LogP contribution in [-0.4, -0.2) is 24.0 Å². The number of carbonyl (C=O) groups excluding carboxylic acids is 1. The molecule has 1 aromatic carbocycles. The van der Waals surface area contributed by atoms with E-state index < -0.39 is 22.9 Å². The van der Waals surface area contributed by atoms with Crippen molar-refractivity contribution in [3.8, 4) is 0 Å². The van der Waals surface area contributed by atoms with E-state index in [0.29, 0.717) is 10.6 Å². The summed E-state index contributed by atoms with van der Waals surface area (Å²) in [4.78, 5) is 21.7. The summed E-state index contributed by atoms with van der Waals surface area (Å²) in [6, 6.07) is 3.11. The summed E-state index contributed by atoms with van der Waals surface area (Å²) in [5.74, 6) is -1.62. The van der Waals surface area contributed by atoms with Gasteiger partial charge in [0, 0.05) is 15.0 Å². The molecule has 0 saturated heterocycles. The summed E-state index contributed by atoms with van der Waals surface area (Å²) in [6.07, 6.45) is 0. The van der Waals surface area contributed by atoms with Gasteiger partial charge in [-0.05, 0) is 17.7 Å². The molecule has 0 fully saturated rings. The Kier molecular flexibility index (Phi) is 4.93. The van der Waals surface area contributed by atoms with E-state index in [4.69, 9.17) is 23.2 Å². The molecular formula is C11H11Cl2NO4. The predicted molar refractivity (Wildman–Crippen MR) is 67.7 cm³/mol. The van der Waals surface area contributed by atoms with Crippen molar-refractivity contribution in [3.63, 3.8) is 0 Å². The molecule has 0 N–H and O–H groups in total. The quantitative estimate of drug-likeness (QED) is 0.486. The molecule has 0 aliphatic carbocycles. The summed E-state index contributed by atoms with van der Waals surface area (Å²) in [6.45, 7) is 1.54. The number of carbonyl (C=O) groups is 1. The second-order valence-electron chi connectivity index (χ2n) is 3.71. The van der Waals surface area contributed by atoms with Crippen molar-refractivity contribution in [1.82, 2.24) is 0 Å². The molecule has 2 atom stereocenters. The number of benzene rings is 1. The highest BCUT2D eigenvalue weighted by molar-refractivity contribution is 6.35. The van der Waals surface area contributed by atoms with Crippen LogP contribution in [-0.2, 0) is 9.53 Å². The molecule has 98 valence electrons. The summed E-state index contributed by atoms with van der Waals surface area (Å²) in [5.41, 5.74) is 0.480. The fourth-order valence-corrected chi connectivity index (χ4v) is 2.21. The first-order valence-corrected chi connectivity index (χ1v) is 5.80. The third-order valence-corrected chi connectivity index (χ3v) is 3.16. The number of rotatable bonds is 4. The van der Waals surface area contributed by atoms with E-state index >= 15 is 0 Å². The molecule has 18 heavy (non-hydrogen) atoms. The second kappa shape index (κ2) is 6.02. The van der Waals surface area contributed by atoms with E-state index in [0.717, 1.165) is 7.11 Å². The molecular weight excluding hydrogens is 281 g/mol. The number of ether oxygens (including phenoxy) is 1. The second-order valence-corrected chi connectivity index (χ2v) is 4.55. The predicted octanol–water partition coefficient (Wildman–Crippen LogP) is 2.92. The molecule has 1 rings (SSSR count). The third kappa shape index (κ3) is 3.11. The molecule has 0 aromatic heterocycles. The Labute approximate surface area is 114 Å². The van der Waals surface area contributed by atoms with Crippen molar-refractivity contribution in [1.29, 1.82) is 0 Å². The van der Waals surface area contributed by atoms with E-state index in [-0.39, 0.29) is 5.02 Å². The smallest absolute Gasteiger partial charge is 0.382 e. The molecule has 7 heteroatoms. The fraction of sp³-hybridized carbons (Fsp3) is 0.364. The minimum atomic E-state index is -1.49. The van der Waals surface area contributed by atoms with Crippen LogP contribution in [0.15, 0.2) is 18.2 Å². The number of methoxy groups -OCH3 is 1. The summed E-state index contributed by atoms with van der Waals surface area (Å²) in [7, 11) is 1.11. The van der Waals surface area contributed by atoms with Crippen molar-refractivity contribution < 1.29 is 14.5 Å². The number of esters is 1. The topological polar surface area (TPSA) is 69.4 Å². The average molecular weight is 292 g/mol. The fourth-order valence-electron chi connectivity index (χ4n) is 1.63. The van der Waals surface area contributed by atoms with E-state index in [9.17, 15) is 14.9 Å². The SMILES string of the molecule is COC(=O)C(C(C)c1ccc(Cl)cc1Cl)[N+](=O)[O-]. The van der Waals surface area contributed by atoms with E-state index in [1.54, 1.807) is 19.1 Å². The van der Waals surface area contributed by atoms with Gasteiger partial charge in [-0.3, -0.25) is 10.1 Å². The van der Waals surface area contributed by atoms with E-state index in [2.05, 4.69) is 4.74 Å². The van der Waals surface area contributed by atoms with E-state index in [1.807, 2.05) is 0 Å². The van der Waals surface area contributed by atoms with Gasteiger partial charge < -0.3 is 4.74 Å². The molecule has 0 aliphatic rings. The van der Waals surface area contributed by atoms with Crippen molar-refractivity contribution in [2.24, 2.45) is 0 Å². The summed E-state index contributed by atoms with van der Waals surface area (Å²) < 4.78 is 4.43. The van der Waals surface area contributed by atoms with Crippen molar-refractivity contribution in [3.05, 3.63) is 43.9 Å². The number of hydrogen-bond donors (Lipinski definition) is 0. The lowest BCUT2D eigenvalue weighted by Crippen LogP contribution is -2.35. The average Bonchev–Trinajstić information content (AvgIpc) is 2.28. The first-order chi connectivity index (χ1) is 8.38. The lowest BCUT2D eigenvalue weighted by molar-refractivity contribution is -0.513. The minimum Gasteiger partial charge on any atom is -0.464 e. The van der Waals surface area contributed by atoms with Crippen LogP contribution >= 0.6 is 23.2 Å². The maximum Gasteiger partial charge on any atom is 0.382 e. The first kappa shape index (κ1) is 14.7. The zero-order valence-corrected chi connectivity index (χ0v) is 11.2. The zero-order chi connectivity index (χ0) is 13.9. The van der Waals surface area contributed by atoms with Gasteiger partial charge in [-0.25, -0.2) is 4.79 Å². The summed E-state index contributed by atoms with van der Waals surface area (Å²) >= 11 is 11.7. The van der Waals surface area contributed by atoms with E-state index in [1.165, 1.54) is 6.07 Å². The van der Waals surface area contributed by atoms with Gasteiger partial charge in [0.05, 0.1) is 13.0 Å². The Morgan fingerprint density at radius 2 is 2.06 bits per heavy atom. The molecule has 5 nitrogen and oxygen atoms in total. The van der Waals surface area contributed by atoms with Crippen LogP contribution in [0, 0.1) is 10.1 Å². The van der Waals surface area contributed by atoms with Gasteiger partial charge in [0.2, 0.25) is 0 Å². The lowest BCUT2D eigenvalue weighted by atomic mass is 9.93. The van der Waals surface area contributed by atoms with Gasteiger partial charge in [-0.1, -0.05) is 36.2 Å². The highest BCUT2D eigenvalue weighted by Gasteiger charge is 2.38. The van der Waals surface area contributed by atoms with Crippen molar-refractivity contribution in [2.45, 2.75) is 18.9 Å². The molecule has 1 aromatic rings. The highest BCUT2D eigenvalue weighted by Crippen LogP contribution is 2.30. The number of hydrogen-bond acceptors (Lipinski definition) is 4. The van der Waals surface area contributed by atoms with Gasteiger partial charge in [0.25, 0.3) is 0 Å². The standard InChI is InChI=1S/C11H11Cl2NO4/c1-6(10(14(16)17)11(15)18-2)8-4-3-7(12)5-9(8)13/h3-6,10H,1-2H3. The monoisotopic (exact) mass is 291 g/mol. The Bertz CT molecular complexity index is 478. The van der Waals surface area contributed by atoms with Gasteiger partial charge in [-0.15, -0.1) is 0 Å². The van der Waals surface area contributed by atoms with Gasteiger partial charge >= 0.3 is 12.0 Å².